The number of fused-ring (bicyclic) bond motifs is 1. The number of imide groups is 1. The molecule has 0 saturated heterocycles. The number of carbonyl (C=O) groups is 2. The van der Waals surface area contributed by atoms with Gasteiger partial charge in [0.15, 0.2) is 8.32 Å². The van der Waals surface area contributed by atoms with Crippen LogP contribution in [0.5, 0.6) is 0 Å². The molecule has 1 aliphatic rings. The molecular formula is C26H43NO8Si. The van der Waals surface area contributed by atoms with Crippen molar-refractivity contribution in [3.63, 3.8) is 0 Å². The molecule has 0 radical (unpaired) electrons. The Morgan fingerprint density at radius 2 is 1.00 bits per heavy atom. The van der Waals surface area contributed by atoms with E-state index in [0.29, 0.717) is 77.2 Å². The van der Waals surface area contributed by atoms with Gasteiger partial charge in [0.05, 0.1) is 90.3 Å². The molecule has 0 unspecified atom stereocenters. The van der Waals surface area contributed by atoms with Gasteiger partial charge in [-0.1, -0.05) is 32.9 Å². The molecule has 0 fully saturated rings. The van der Waals surface area contributed by atoms with Crippen LogP contribution in [0.2, 0.25) is 18.1 Å². The molecule has 10 heteroatoms. The third-order valence-corrected chi connectivity index (χ3v) is 10.9. The first-order valence-electron chi connectivity index (χ1n) is 12.6. The number of benzene rings is 1. The summed E-state index contributed by atoms with van der Waals surface area (Å²) in [6, 6.07) is 6.84. The van der Waals surface area contributed by atoms with E-state index in [2.05, 4.69) is 33.9 Å². The standard InChI is InChI=1S/C26H43NO8Si/c1-26(2,3)36(4,5)35-21-20-34-19-18-33-17-16-32-15-14-31-13-12-30-11-10-27-24(28)22-8-6-7-9-23(22)25(27)29/h6-9H,10-21H2,1-5H3. The number of amides is 2. The predicted octanol–water partition coefficient (Wildman–Crippen LogP) is 3.39. The molecule has 204 valence electrons. The van der Waals surface area contributed by atoms with Gasteiger partial charge in [-0.15, -0.1) is 0 Å². The van der Waals surface area contributed by atoms with Gasteiger partial charge in [0.1, 0.15) is 0 Å². The van der Waals surface area contributed by atoms with Crippen molar-refractivity contribution in [1.82, 2.24) is 4.90 Å². The molecule has 0 aliphatic carbocycles. The van der Waals surface area contributed by atoms with Crippen LogP contribution in [0.25, 0.3) is 0 Å². The third-order valence-electron chi connectivity index (χ3n) is 6.32. The molecule has 0 saturated carbocycles. The van der Waals surface area contributed by atoms with E-state index >= 15 is 0 Å². The van der Waals surface area contributed by atoms with Crippen molar-refractivity contribution in [3.05, 3.63) is 35.4 Å². The molecule has 0 N–H and O–H groups in total. The lowest BCUT2D eigenvalue weighted by Crippen LogP contribution is -2.41. The quantitative estimate of drug-likeness (QED) is 0.154. The summed E-state index contributed by atoms with van der Waals surface area (Å²) in [5, 5.41) is 0.210. The largest absolute Gasteiger partial charge is 0.414 e. The van der Waals surface area contributed by atoms with Gasteiger partial charge in [0, 0.05) is 0 Å². The van der Waals surface area contributed by atoms with Crippen LogP contribution < -0.4 is 0 Å². The van der Waals surface area contributed by atoms with Crippen molar-refractivity contribution < 1.29 is 37.7 Å². The molecule has 0 bridgehead atoms. The highest BCUT2D eigenvalue weighted by Gasteiger charge is 2.37. The van der Waals surface area contributed by atoms with Crippen LogP contribution in [0, 0.1) is 0 Å². The van der Waals surface area contributed by atoms with Gasteiger partial charge >= 0.3 is 0 Å². The molecule has 0 atom stereocenters. The molecule has 0 aromatic heterocycles. The van der Waals surface area contributed by atoms with E-state index in [1.165, 1.54) is 4.90 Å². The fourth-order valence-corrected chi connectivity index (χ4v) is 4.18. The number of hydrogen-bond donors (Lipinski definition) is 0. The highest BCUT2D eigenvalue weighted by Crippen LogP contribution is 2.36. The van der Waals surface area contributed by atoms with E-state index in [4.69, 9.17) is 28.1 Å². The zero-order chi connectivity index (χ0) is 26.4. The second-order valence-corrected chi connectivity index (χ2v) is 14.8. The minimum Gasteiger partial charge on any atom is -0.414 e. The SMILES string of the molecule is CC(C)(C)[Si](C)(C)OCCOCCOCCOCCOCCOCCN1C(=O)c2ccccc2C1=O. The van der Waals surface area contributed by atoms with Crippen LogP contribution in [0.1, 0.15) is 41.5 Å². The molecule has 0 spiro atoms. The van der Waals surface area contributed by atoms with Crippen LogP contribution in [0.4, 0.5) is 0 Å². The summed E-state index contributed by atoms with van der Waals surface area (Å²) in [6.45, 7) is 16.6. The number of rotatable bonds is 19. The maximum absolute atomic E-state index is 12.3. The van der Waals surface area contributed by atoms with Gasteiger partial charge in [-0.2, -0.15) is 0 Å². The van der Waals surface area contributed by atoms with E-state index in [9.17, 15) is 9.59 Å². The summed E-state index contributed by atoms with van der Waals surface area (Å²) in [5.41, 5.74) is 0.902. The number of nitrogens with zero attached hydrogens (tertiary/aromatic N) is 1. The van der Waals surface area contributed by atoms with Crippen LogP contribution in [-0.2, 0) is 28.1 Å². The summed E-state index contributed by atoms with van der Waals surface area (Å²) in [7, 11) is -1.70. The number of hydrogen-bond acceptors (Lipinski definition) is 8. The Balaban J connectivity index is 1.32. The van der Waals surface area contributed by atoms with Gasteiger partial charge in [-0.25, -0.2) is 0 Å². The highest BCUT2D eigenvalue weighted by atomic mass is 28.4. The Morgan fingerprint density at radius 3 is 1.39 bits per heavy atom. The molecule has 1 aliphatic heterocycles. The molecule has 1 aromatic carbocycles. The Kier molecular flexibility index (Phi) is 13.2. The predicted molar refractivity (Wildman–Crippen MR) is 139 cm³/mol. The maximum atomic E-state index is 12.3. The zero-order valence-corrected chi connectivity index (χ0v) is 23.5. The fourth-order valence-electron chi connectivity index (χ4n) is 3.15. The fraction of sp³-hybridized carbons (Fsp3) is 0.692. The second-order valence-electron chi connectivity index (χ2n) is 9.98. The van der Waals surface area contributed by atoms with E-state index in [-0.39, 0.29) is 30.0 Å². The van der Waals surface area contributed by atoms with Crippen LogP contribution in [-0.4, -0.2) is 104 Å². The van der Waals surface area contributed by atoms with Crippen molar-refractivity contribution in [2.75, 3.05) is 79.2 Å². The Labute approximate surface area is 216 Å². The van der Waals surface area contributed by atoms with Crippen molar-refractivity contribution in [2.45, 2.75) is 38.9 Å². The van der Waals surface area contributed by atoms with E-state index < -0.39 is 8.32 Å². The van der Waals surface area contributed by atoms with Crippen molar-refractivity contribution in [1.29, 1.82) is 0 Å². The highest BCUT2D eigenvalue weighted by molar-refractivity contribution is 6.74. The van der Waals surface area contributed by atoms with Crippen molar-refractivity contribution in [3.8, 4) is 0 Å². The molecule has 2 amide bonds. The van der Waals surface area contributed by atoms with Gasteiger partial charge in [0.2, 0.25) is 0 Å². The summed E-state index contributed by atoms with van der Waals surface area (Å²) >= 11 is 0. The summed E-state index contributed by atoms with van der Waals surface area (Å²) < 4.78 is 33.5. The molecule has 36 heavy (non-hydrogen) atoms. The average molecular weight is 526 g/mol. The lowest BCUT2D eigenvalue weighted by Gasteiger charge is -2.36. The lowest BCUT2D eigenvalue weighted by molar-refractivity contribution is -0.0136. The Hall–Kier alpha value is -1.66. The summed E-state index contributed by atoms with van der Waals surface area (Å²) in [5.74, 6) is -0.536. The number of carbonyl (C=O) groups excluding carboxylic acids is 2. The molecule has 1 heterocycles. The van der Waals surface area contributed by atoms with Crippen molar-refractivity contribution >= 4 is 20.1 Å². The smallest absolute Gasteiger partial charge is 0.261 e. The number of ether oxygens (including phenoxy) is 5. The van der Waals surface area contributed by atoms with Gasteiger partial charge in [-0.05, 0) is 30.3 Å². The molecule has 2 rings (SSSR count). The van der Waals surface area contributed by atoms with Gasteiger partial charge in [0.25, 0.3) is 11.8 Å². The average Bonchev–Trinajstić information content (AvgIpc) is 3.07. The van der Waals surface area contributed by atoms with Gasteiger partial charge < -0.3 is 28.1 Å². The minimum absolute atomic E-state index is 0.210. The molecular weight excluding hydrogens is 482 g/mol. The monoisotopic (exact) mass is 525 g/mol. The van der Waals surface area contributed by atoms with Crippen LogP contribution in [0.3, 0.4) is 0 Å². The van der Waals surface area contributed by atoms with Crippen LogP contribution >= 0.6 is 0 Å². The van der Waals surface area contributed by atoms with E-state index in [1.807, 2.05) is 0 Å². The first-order valence-corrected chi connectivity index (χ1v) is 15.5. The molecule has 9 nitrogen and oxygen atoms in total. The normalized spacial score (nSPS) is 14.1. The first-order chi connectivity index (χ1) is 17.1. The first kappa shape index (κ1) is 30.6. The Bertz CT molecular complexity index is 776. The maximum Gasteiger partial charge on any atom is 0.261 e. The van der Waals surface area contributed by atoms with E-state index in [1.54, 1.807) is 24.3 Å². The van der Waals surface area contributed by atoms with E-state index in [0.717, 1.165) is 0 Å². The third kappa shape index (κ3) is 10.0. The topological polar surface area (TPSA) is 92.8 Å². The van der Waals surface area contributed by atoms with Crippen molar-refractivity contribution in [2.24, 2.45) is 0 Å². The zero-order valence-electron chi connectivity index (χ0n) is 22.5. The second kappa shape index (κ2) is 15.6. The summed E-state index contributed by atoms with van der Waals surface area (Å²) in [6.07, 6.45) is 0. The minimum atomic E-state index is -1.70. The van der Waals surface area contributed by atoms with Gasteiger partial charge in [-0.3, -0.25) is 14.5 Å². The molecule has 1 aromatic rings. The summed E-state index contributed by atoms with van der Waals surface area (Å²) in [4.78, 5) is 25.7. The lowest BCUT2D eigenvalue weighted by atomic mass is 10.1. The Morgan fingerprint density at radius 1 is 0.639 bits per heavy atom. The van der Waals surface area contributed by atoms with Crippen LogP contribution in [0.15, 0.2) is 24.3 Å².